The van der Waals surface area contributed by atoms with E-state index < -0.39 is 5.97 Å². The highest BCUT2D eigenvalue weighted by atomic mass is 35.5. The number of aromatic nitrogens is 1. The molecule has 132 valence electrons. The number of aliphatic hydroxyl groups is 1. The van der Waals surface area contributed by atoms with Crippen LogP contribution in [0, 0.1) is 0 Å². The fourth-order valence-corrected chi connectivity index (χ4v) is 3.49. The first-order chi connectivity index (χ1) is 12.6. The van der Waals surface area contributed by atoms with E-state index in [9.17, 15) is 9.90 Å². The predicted molar refractivity (Wildman–Crippen MR) is 105 cm³/mol. The molecule has 0 saturated carbocycles. The second-order valence-electron chi connectivity index (χ2n) is 5.23. The Hall–Kier alpha value is -2.57. The van der Waals surface area contributed by atoms with Gasteiger partial charge in [-0.15, -0.1) is 0 Å². The molecule has 3 rings (SSSR count). The van der Waals surface area contributed by atoms with Crippen molar-refractivity contribution in [3.8, 4) is 0 Å². The Bertz CT molecular complexity index is 923. The van der Waals surface area contributed by atoms with Gasteiger partial charge in [-0.3, -0.25) is 4.98 Å². The maximum atomic E-state index is 12.3. The van der Waals surface area contributed by atoms with Crippen molar-refractivity contribution in [3.63, 3.8) is 0 Å². The largest absolute Gasteiger partial charge is 0.506 e. The number of benzene rings is 1. The van der Waals surface area contributed by atoms with Gasteiger partial charge in [-0.25, -0.2) is 9.79 Å². The molecule has 0 unspecified atom stereocenters. The van der Waals surface area contributed by atoms with Crippen molar-refractivity contribution in [3.05, 3.63) is 75.6 Å². The van der Waals surface area contributed by atoms with Crippen molar-refractivity contribution in [1.82, 2.24) is 4.98 Å². The first-order valence-electron chi connectivity index (χ1n) is 7.83. The topological polar surface area (TPSA) is 71.8 Å². The van der Waals surface area contributed by atoms with Crippen LogP contribution in [0.5, 0.6) is 0 Å². The maximum absolute atomic E-state index is 12.3. The molecule has 0 fully saturated rings. The number of pyridine rings is 1. The van der Waals surface area contributed by atoms with E-state index in [-0.39, 0.29) is 17.9 Å². The molecular formula is C19H15ClN2O3S. The molecule has 0 bridgehead atoms. The molecule has 1 aromatic carbocycles. The molecule has 0 amide bonds. The van der Waals surface area contributed by atoms with Crippen LogP contribution >= 0.6 is 23.4 Å². The third kappa shape index (κ3) is 4.15. The molecule has 1 aliphatic rings. The summed E-state index contributed by atoms with van der Waals surface area (Å²) in [7, 11) is 0. The second kappa shape index (κ2) is 8.21. The van der Waals surface area contributed by atoms with Crippen molar-refractivity contribution in [2.45, 2.75) is 6.92 Å². The number of halogens is 1. The average Bonchev–Trinajstić information content (AvgIpc) is 2.91. The summed E-state index contributed by atoms with van der Waals surface area (Å²) in [5.74, 6) is -0.762. The molecule has 0 spiro atoms. The number of hydrogen-bond acceptors (Lipinski definition) is 6. The van der Waals surface area contributed by atoms with Crippen molar-refractivity contribution in [2.24, 2.45) is 4.99 Å². The number of nitrogens with zero attached hydrogens (tertiary/aromatic N) is 2. The minimum atomic E-state index is -0.614. The number of carbonyl (C=O) groups is 1. The van der Waals surface area contributed by atoms with E-state index in [0.29, 0.717) is 20.7 Å². The minimum absolute atomic E-state index is 0.0529. The van der Waals surface area contributed by atoms with Gasteiger partial charge in [0.1, 0.15) is 16.4 Å². The average molecular weight is 387 g/mol. The first kappa shape index (κ1) is 18.2. The van der Waals surface area contributed by atoms with Crippen molar-refractivity contribution in [2.75, 3.05) is 6.61 Å². The maximum Gasteiger partial charge on any atom is 0.344 e. The van der Waals surface area contributed by atoms with Crippen molar-refractivity contribution >= 4 is 46.1 Å². The van der Waals surface area contributed by atoms with Gasteiger partial charge in [-0.1, -0.05) is 29.4 Å². The van der Waals surface area contributed by atoms with Gasteiger partial charge < -0.3 is 9.84 Å². The van der Waals surface area contributed by atoms with Crippen LogP contribution in [-0.2, 0) is 9.53 Å². The fourth-order valence-electron chi connectivity index (χ4n) is 2.27. The summed E-state index contributed by atoms with van der Waals surface area (Å²) < 4.78 is 5.07. The van der Waals surface area contributed by atoms with Crippen LogP contribution in [0.4, 0.5) is 5.69 Å². The Balaban J connectivity index is 2.04. The Morgan fingerprint density at radius 1 is 1.35 bits per heavy atom. The summed E-state index contributed by atoms with van der Waals surface area (Å²) in [5.41, 5.74) is 1.48. The van der Waals surface area contributed by atoms with Gasteiger partial charge in [-0.2, -0.15) is 0 Å². The zero-order valence-electron chi connectivity index (χ0n) is 13.8. The highest BCUT2D eigenvalue weighted by molar-refractivity contribution is 8.18. The molecule has 5 nitrogen and oxygen atoms in total. The van der Waals surface area contributed by atoms with Crippen LogP contribution in [0.3, 0.4) is 0 Å². The lowest BCUT2D eigenvalue weighted by Crippen LogP contribution is -2.12. The minimum Gasteiger partial charge on any atom is -0.506 e. The number of rotatable bonds is 4. The van der Waals surface area contributed by atoms with Gasteiger partial charge >= 0.3 is 5.97 Å². The third-order valence-corrected chi connectivity index (χ3v) is 4.67. The van der Waals surface area contributed by atoms with Gasteiger partial charge in [0, 0.05) is 17.4 Å². The number of ether oxygens (including phenoxy) is 1. The number of thioether (sulfide) groups is 1. The van der Waals surface area contributed by atoms with E-state index in [1.807, 2.05) is 0 Å². The normalized spacial score (nSPS) is 17.2. The summed E-state index contributed by atoms with van der Waals surface area (Å²) in [5, 5.41) is 11.5. The number of hydrogen-bond donors (Lipinski definition) is 1. The Morgan fingerprint density at radius 3 is 2.81 bits per heavy atom. The second-order valence-corrected chi connectivity index (χ2v) is 6.70. The molecule has 7 heteroatoms. The smallest absolute Gasteiger partial charge is 0.344 e. The molecule has 2 heterocycles. The molecule has 1 aromatic heterocycles. The zero-order valence-corrected chi connectivity index (χ0v) is 15.4. The van der Waals surface area contributed by atoms with Crippen LogP contribution < -0.4 is 0 Å². The molecule has 0 atom stereocenters. The monoisotopic (exact) mass is 386 g/mol. The number of carbonyl (C=O) groups excluding carboxylic acids is 1. The third-order valence-electron chi connectivity index (χ3n) is 3.41. The number of aliphatic hydroxyl groups excluding tert-OH is 1. The van der Waals surface area contributed by atoms with E-state index in [1.165, 1.54) is 11.8 Å². The van der Waals surface area contributed by atoms with Crippen LogP contribution in [0.2, 0.25) is 5.02 Å². The SMILES string of the molecule is CCOC(=O)C1=C(O)/C(=C/c2ccncc2)SC1=Nc1cccc(Cl)c1. The number of esters is 1. The van der Waals surface area contributed by atoms with E-state index in [0.717, 1.165) is 5.56 Å². The van der Waals surface area contributed by atoms with Gasteiger partial charge in [0.15, 0.2) is 0 Å². The summed E-state index contributed by atoms with van der Waals surface area (Å²) >= 11 is 7.20. The summed E-state index contributed by atoms with van der Waals surface area (Å²) in [6.45, 7) is 1.91. The van der Waals surface area contributed by atoms with Gasteiger partial charge in [0.05, 0.1) is 17.2 Å². The van der Waals surface area contributed by atoms with E-state index in [4.69, 9.17) is 16.3 Å². The summed E-state index contributed by atoms with van der Waals surface area (Å²) in [6.07, 6.45) is 5.07. The van der Waals surface area contributed by atoms with Gasteiger partial charge in [0.2, 0.25) is 0 Å². The van der Waals surface area contributed by atoms with E-state index in [1.54, 1.807) is 61.8 Å². The molecular weight excluding hydrogens is 372 g/mol. The quantitative estimate of drug-likeness (QED) is 0.754. The van der Waals surface area contributed by atoms with E-state index in [2.05, 4.69) is 9.98 Å². The molecule has 26 heavy (non-hydrogen) atoms. The van der Waals surface area contributed by atoms with Crippen molar-refractivity contribution in [1.29, 1.82) is 0 Å². The van der Waals surface area contributed by atoms with Crippen LogP contribution in [0.1, 0.15) is 12.5 Å². The first-order valence-corrected chi connectivity index (χ1v) is 9.03. The van der Waals surface area contributed by atoms with Gasteiger partial charge in [-0.05, 0) is 48.9 Å². The van der Waals surface area contributed by atoms with Crippen molar-refractivity contribution < 1.29 is 14.6 Å². The standard InChI is InChI=1S/C19H15ClN2O3S/c1-2-25-19(24)16-17(23)15(10-12-6-8-21-9-7-12)26-18(16)22-14-5-3-4-13(20)11-14/h3-11,23H,2H2,1H3/b15-10-,22-18?. The molecule has 0 radical (unpaired) electrons. The van der Waals surface area contributed by atoms with E-state index >= 15 is 0 Å². The molecule has 1 aliphatic heterocycles. The zero-order chi connectivity index (χ0) is 18.5. The lowest BCUT2D eigenvalue weighted by atomic mass is 10.2. The fraction of sp³-hybridized carbons (Fsp3) is 0.105. The van der Waals surface area contributed by atoms with Crippen LogP contribution in [0.15, 0.2) is 70.0 Å². The Labute approximate surface area is 160 Å². The highest BCUT2D eigenvalue weighted by Gasteiger charge is 2.33. The molecule has 0 saturated heterocycles. The van der Waals surface area contributed by atoms with Gasteiger partial charge in [0.25, 0.3) is 0 Å². The molecule has 1 N–H and O–H groups in total. The highest BCUT2D eigenvalue weighted by Crippen LogP contribution is 2.40. The predicted octanol–water partition coefficient (Wildman–Crippen LogP) is 4.93. The Morgan fingerprint density at radius 2 is 2.12 bits per heavy atom. The lowest BCUT2D eigenvalue weighted by Gasteiger charge is -2.04. The Kier molecular flexibility index (Phi) is 5.75. The summed E-state index contributed by atoms with van der Waals surface area (Å²) in [6, 6.07) is 10.6. The molecule has 2 aromatic rings. The van der Waals surface area contributed by atoms with Crippen LogP contribution in [-0.4, -0.2) is 27.7 Å². The lowest BCUT2D eigenvalue weighted by molar-refractivity contribution is -0.138. The number of aliphatic imine (C=N–C) groups is 1. The summed E-state index contributed by atoms with van der Waals surface area (Å²) in [4.78, 5) is 21.3. The molecule has 0 aliphatic carbocycles. The van der Waals surface area contributed by atoms with Crippen LogP contribution in [0.25, 0.3) is 6.08 Å².